The normalized spacial score (nSPS) is 18.4. The second-order valence-electron chi connectivity index (χ2n) is 5.32. The lowest BCUT2D eigenvalue weighted by atomic mass is 9.97. The Kier molecular flexibility index (Phi) is 2.63. The molecule has 0 saturated heterocycles. The average molecular weight is 266 g/mol. The fourth-order valence-corrected chi connectivity index (χ4v) is 3.15. The SMILES string of the molecule is CCn1ccc2ccc([C@H]3NCCc4[nH]cnc43)cc21. The van der Waals surface area contributed by atoms with E-state index in [0.29, 0.717) is 0 Å². The quantitative estimate of drug-likeness (QED) is 0.749. The first-order valence-electron chi connectivity index (χ1n) is 7.21. The molecule has 0 fully saturated rings. The number of aromatic nitrogens is 3. The number of fused-ring (bicyclic) bond motifs is 2. The highest BCUT2D eigenvalue weighted by Crippen LogP contribution is 2.28. The van der Waals surface area contributed by atoms with E-state index in [0.717, 1.165) is 25.2 Å². The van der Waals surface area contributed by atoms with Crippen molar-refractivity contribution in [1.82, 2.24) is 19.9 Å². The van der Waals surface area contributed by atoms with E-state index in [1.165, 1.54) is 22.2 Å². The summed E-state index contributed by atoms with van der Waals surface area (Å²) in [5, 5.41) is 4.88. The van der Waals surface area contributed by atoms with Crippen LogP contribution in [0.15, 0.2) is 36.8 Å². The van der Waals surface area contributed by atoms with Crippen LogP contribution in [-0.4, -0.2) is 21.1 Å². The van der Waals surface area contributed by atoms with Crippen molar-refractivity contribution in [2.24, 2.45) is 0 Å². The summed E-state index contributed by atoms with van der Waals surface area (Å²) in [6.45, 7) is 4.17. The average Bonchev–Trinajstić information content (AvgIpc) is 3.12. The molecule has 0 bridgehead atoms. The fourth-order valence-electron chi connectivity index (χ4n) is 3.15. The maximum atomic E-state index is 4.50. The second-order valence-corrected chi connectivity index (χ2v) is 5.32. The van der Waals surface area contributed by atoms with E-state index in [9.17, 15) is 0 Å². The first-order valence-corrected chi connectivity index (χ1v) is 7.21. The largest absolute Gasteiger partial charge is 0.348 e. The summed E-state index contributed by atoms with van der Waals surface area (Å²) in [4.78, 5) is 7.76. The lowest BCUT2D eigenvalue weighted by Crippen LogP contribution is -2.30. The molecular weight excluding hydrogens is 248 g/mol. The molecular formula is C16H18N4. The summed E-state index contributed by atoms with van der Waals surface area (Å²) >= 11 is 0. The van der Waals surface area contributed by atoms with E-state index in [1.807, 2.05) is 0 Å². The van der Waals surface area contributed by atoms with E-state index in [4.69, 9.17) is 0 Å². The molecule has 102 valence electrons. The molecule has 1 aliphatic rings. The maximum Gasteiger partial charge on any atom is 0.0926 e. The zero-order chi connectivity index (χ0) is 13.5. The molecule has 3 heterocycles. The van der Waals surface area contributed by atoms with Crippen molar-refractivity contribution in [3.05, 3.63) is 53.7 Å². The van der Waals surface area contributed by atoms with Gasteiger partial charge in [-0.3, -0.25) is 0 Å². The number of rotatable bonds is 2. The van der Waals surface area contributed by atoms with Gasteiger partial charge in [-0.2, -0.15) is 0 Å². The van der Waals surface area contributed by atoms with Gasteiger partial charge in [-0.05, 0) is 30.0 Å². The summed E-state index contributed by atoms with van der Waals surface area (Å²) in [7, 11) is 0. The molecule has 20 heavy (non-hydrogen) atoms. The Labute approximate surface area is 117 Å². The number of imidazole rings is 1. The number of hydrogen-bond donors (Lipinski definition) is 2. The number of nitrogens with one attached hydrogen (secondary N) is 2. The smallest absolute Gasteiger partial charge is 0.0926 e. The van der Waals surface area contributed by atoms with Gasteiger partial charge in [-0.25, -0.2) is 4.98 Å². The standard InChI is InChI=1S/C16H18N4/c1-2-20-8-6-11-3-4-12(9-14(11)20)15-16-13(5-7-17-15)18-10-19-16/h3-4,6,8-10,15,17H,2,5,7H2,1H3,(H,18,19)/t15-/m1/s1. The number of aryl methyl sites for hydroxylation is 1. The number of benzene rings is 1. The molecule has 0 saturated carbocycles. The van der Waals surface area contributed by atoms with Gasteiger partial charge >= 0.3 is 0 Å². The molecule has 0 radical (unpaired) electrons. The Balaban J connectivity index is 1.83. The van der Waals surface area contributed by atoms with Crippen molar-refractivity contribution >= 4 is 10.9 Å². The molecule has 4 rings (SSSR count). The lowest BCUT2D eigenvalue weighted by Gasteiger charge is -2.23. The molecule has 2 N–H and O–H groups in total. The lowest BCUT2D eigenvalue weighted by molar-refractivity contribution is 0.554. The third-order valence-corrected chi connectivity index (χ3v) is 4.22. The summed E-state index contributed by atoms with van der Waals surface area (Å²) in [5.41, 5.74) is 5.00. The third-order valence-electron chi connectivity index (χ3n) is 4.22. The van der Waals surface area contributed by atoms with Gasteiger partial charge in [0.05, 0.1) is 18.1 Å². The summed E-state index contributed by atoms with van der Waals surface area (Å²) in [6, 6.07) is 9.09. The van der Waals surface area contributed by atoms with Crippen LogP contribution in [0, 0.1) is 0 Å². The predicted octanol–water partition coefficient (Wildman–Crippen LogP) is 2.62. The van der Waals surface area contributed by atoms with Crippen molar-refractivity contribution in [3.63, 3.8) is 0 Å². The first kappa shape index (κ1) is 11.7. The summed E-state index contributed by atoms with van der Waals surface area (Å²) in [6.07, 6.45) is 4.99. The van der Waals surface area contributed by atoms with Crippen LogP contribution >= 0.6 is 0 Å². The Hall–Kier alpha value is -2.07. The number of H-pyrrole nitrogens is 1. The molecule has 4 nitrogen and oxygen atoms in total. The molecule has 1 aliphatic heterocycles. The van der Waals surface area contributed by atoms with Crippen molar-refractivity contribution in [2.45, 2.75) is 25.9 Å². The Morgan fingerprint density at radius 3 is 3.20 bits per heavy atom. The van der Waals surface area contributed by atoms with Crippen LogP contribution in [0.3, 0.4) is 0 Å². The molecule has 1 aromatic carbocycles. The highest BCUT2D eigenvalue weighted by Gasteiger charge is 2.23. The van der Waals surface area contributed by atoms with Crippen LogP contribution in [0.2, 0.25) is 0 Å². The number of aromatic amines is 1. The fraction of sp³-hybridized carbons (Fsp3) is 0.312. The van der Waals surface area contributed by atoms with E-state index in [-0.39, 0.29) is 6.04 Å². The van der Waals surface area contributed by atoms with Gasteiger partial charge in [0.25, 0.3) is 0 Å². The molecule has 3 aromatic rings. The van der Waals surface area contributed by atoms with Gasteiger partial charge in [-0.15, -0.1) is 0 Å². The van der Waals surface area contributed by atoms with Crippen LogP contribution in [0.5, 0.6) is 0 Å². The highest BCUT2D eigenvalue weighted by molar-refractivity contribution is 5.81. The number of nitrogens with zero attached hydrogens (tertiary/aromatic N) is 2. The molecule has 4 heteroatoms. The topological polar surface area (TPSA) is 45.6 Å². The third kappa shape index (κ3) is 1.68. The van der Waals surface area contributed by atoms with Gasteiger partial charge in [-0.1, -0.05) is 12.1 Å². The van der Waals surface area contributed by atoms with Crippen molar-refractivity contribution < 1.29 is 0 Å². The van der Waals surface area contributed by atoms with E-state index in [2.05, 4.69) is 57.2 Å². The molecule has 0 amide bonds. The second kappa shape index (κ2) is 4.49. The Morgan fingerprint density at radius 1 is 1.35 bits per heavy atom. The minimum atomic E-state index is 0.203. The van der Waals surface area contributed by atoms with Crippen molar-refractivity contribution in [2.75, 3.05) is 6.54 Å². The summed E-state index contributed by atoms with van der Waals surface area (Å²) in [5.74, 6) is 0. The highest BCUT2D eigenvalue weighted by atomic mass is 15.0. The molecule has 2 aromatic heterocycles. The van der Waals surface area contributed by atoms with Crippen molar-refractivity contribution in [3.8, 4) is 0 Å². The Morgan fingerprint density at radius 2 is 2.30 bits per heavy atom. The number of hydrogen-bond acceptors (Lipinski definition) is 2. The first-order chi connectivity index (χ1) is 9.86. The zero-order valence-electron chi connectivity index (χ0n) is 11.6. The minimum absolute atomic E-state index is 0.203. The predicted molar refractivity (Wildman–Crippen MR) is 79.7 cm³/mol. The minimum Gasteiger partial charge on any atom is -0.348 e. The van der Waals surface area contributed by atoms with Gasteiger partial charge < -0.3 is 14.9 Å². The van der Waals surface area contributed by atoms with Gasteiger partial charge in [0.1, 0.15) is 0 Å². The van der Waals surface area contributed by atoms with Gasteiger partial charge in [0.15, 0.2) is 0 Å². The zero-order valence-corrected chi connectivity index (χ0v) is 11.6. The van der Waals surface area contributed by atoms with E-state index < -0.39 is 0 Å². The van der Waals surface area contributed by atoms with Crippen LogP contribution < -0.4 is 5.32 Å². The van der Waals surface area contributed by atoms with Crippen LogP contribution in [0.4, 0.5) is 0 Å². The monoisotopic (exact) mass is 266 g/mol. The van der Waals surface area contributed by atoms with E-state index in [1.54, 1.807) is 6.33 Å². The molecule has 0 aliphatic carbocycles. The van der Waals surface area contributed by atoms with Crippen molar-refractivity contribution in [1.29, 1.82) is 0 Å². The molecule has 0 spiro atoms. The summed E-state index contributed by atoms with van der Waals surface area (Å²) < 4.78 is 2.28. The van der Waals surface area contributed by atoms with Gasteiger partial charge in [0, 0.05) is 36.9 Å². The maximum absolute atomic E-state index is 4.50. The van der Waals surface area contributed by atoms with Crippen LogP contribution in [0.25, 0.3) is 10.9 Å². The van der Waals surface area contributed by atoms with Crippen LogP contribution in [-0.2, 0) is 13.0 Å². The molecule has 1 atom stereocenters. The molecule has 0 unspecified atom stereocenters. The Bertz CT molecular complexity index is 753. The van der Waals surface area contributed by atoms with Gasteiger partial charge in [0.2, 0.25) is 0 Å². The van der Waals surface area contributed by atoms with Crippen LogP contribution in [0.1, 0.15) is 29.9 Å². The van der Waals surface area contributed by atoms with E-state index >= 15 is 0 Å².